The van der Waals surface area contributed by atoms with E-state index >= 15 is 9.18 Å². The Bertz CT molecular complexity index is 3770. The number of rotatable bonds is 19. The molecule has 23 heteroatoms. The van der Waals surface area contributed by atoms with Crippen molar-refractivity contribution in [1.29, 1.82) is 0 Å². The molecule has 6 aliphatic heterocycles. The summed E-state index contributed by atoms with van der Waals surface area (Å²) in [6.45, 7) is 14.3. The standard InChI is InChI=1S/C70H86FN13O9/c1-41(2)75-65(89)51-36-56(53(71)31-43(51)5)77-64-63-57(74-40-82(63)42(3)4)37-55(76-64)46-13-15-52-58(33-46)83(49-34-48(35-49)78-23-8-7-9-24-78)69(93)70(52)21-29-80(30-22-70)60(87)32-44-17-25-81(26-18-44)66(90)45-19-27-79(28-20-45)61(88)38-73-54-12-10-11-50-62(54)68(92)84(67(50)91)47(39-85)14-16-59(86)72-6/h10-13,15,31,33,36-37,39-42,44-45,47-49,73H,7-9,14,16-30,32,34-35,38H2,1-6H3,(H,72,86)(H,75,89)(H,76,77). The third-order valence-electron chi connectivity index (χ3n) is 20.8. The number of aryl methyl sites for hydroxylation is 1. The normalized spacial score (nSPS) is 20.5. The molecule has 3 aromatic carbocycles. The number of carbonyl (C=O) groups is 9. The molecule has 1 saturated carbocycles. The highest BCUT2D eigenvalue weighted by molar-refractivity contribution is 6.24. The van der Waals surface area contributed by atoms with E-state index in [-0.39, 0.29) is 107 Å². The number of aromatic nitrogens is 3. The fraction of sp³-hybridized carbons (Fsp3) is 0.529. The molecule has 12 rings (SSSR count). The Morgan fingerprint density at radius 2 is 1.49 bits per heavy atom. The van der Waals surface area contributed by atoms with E-state index in [0.29, 0.717) is 130 Å². The van der Waals surface area contributed by atoms with Gasteiger partial charge in [0.15, 0.2) is 5.82 Å². The molecule has 4 saturated heterocycles. The predicted octanol–water partition coefficient (Wildman–Crippen LogP) is 7.90. The Morgan fingerprint density at radius 1 is 0.785 bits per heavy atom. The molecule has 8 amide bonds. The third-order valence-corrected chi connectivity index (χ3v) is 20.8. The first kappa shape index (κ1) is 64.5. The molecule has 93 heavy (non-hydrogen) atoms. The Labute approximate surface area is 541 Å². The summed E-state index contributed by atoms with van der Waals surface area (Å²) in [4.78, 5) is 142. The van der Waals surface area contributed by atoms with E-state index in [9.17, 15) is 38.4 Å². The summed E-state index contributed by atoms with van der Waals surface area (Å²) < 4.78 is 18.0. The van der Waals surface area contributed by atoms with Crippen molar-refractivity contribution in [3.05, 3.63) is 94.6 Å². The number of piperidine rings is 4. The van der Waals surface area contributed by atoms with Gasteiger partial charge < -0.3 is 55.1 Å². The molecule has 2 aromatic heterocycles. The second-order valence-electron chi connectivity index (χ2n) is 27.2. The number of benzene rings is 3. The summed E-state index contributed by atoms with van der Waals surface area (Å²) in [5.74, 6) is -2.25. The van der Waals surface area contributed by atoms with E-state index in [0.717, 1.165) is 47.6 Å². The minimum atomic E-state index is -1.13. The SMILES string of the molecule is CNC(=O)CCC(C=O)N1C(=O)c2cccc(NCC(=O)N3CCC(C(=O)N4CCC(CC(=O)N5CCC6(CC5)C(=O)N(C5CC(N7CCCCC7)C5)c5cc(-c7cc8ncn(C(C)C)c8c(Nc8cc(C(=O)NC(C)C)c(C)cc8F)n7)ccc56)CC4)CC3)c2C1=O. The Kier molecular flexibility index (Phi) is 18.6. The van der Waals surface area contributed by atoms with Gasteiger partial charge in [-0.2, -0.15) is 0 Å². The summed E-state index contributed by atoms with van der Waals surface area (Å²) in [6, 6.07) is 14.9. The summed E-state index contributed by atoms with van der Waals surface area (Å²) in [5, 5.41) is 11.7. The van der Waals surface area contributed by atoms with E-state index in [2.05, 4.69) is 43.2 Å². The van der Waals surface area contributed by atoms with Crippen LogP contribution in [0.15, 0.2) is 60.9 Å². The molecule has 5 fully saturated rings. The van der Waals surface area contributed by atoms with Crippen molar-refractivity contribution in [2.24, 2.45) is 11.8 Å². The van der Waals surface area contributed by atoms with Crippen LogP contribution in [0.5, 0.6) is 0 Å². The average molecular weight is 1270 g/mol. The number of halogens is 1. The van der Waals surface area contributed by atoms with Gasteiger partial charge in [-0.05, 0) is 172 Å². The fourth-order valence-electron chi connectivity index (χ4n) is 15.3. The number of pyridine rings is 1. The van der Waals surface area contributed by atoms with Gasteiger partial charge in [0.1, 0.15) is 17.6 Å². The van der Waals surface area contributed by atoms with Crippen LogP contribution in [-0.2, 0) is 34.2 Å². The van der Waals surface area contributed by atoms with Crippen molar-refractivity contribution < 1.29 is 47.5 Å². The average Bonchev–Trinajstić information content (AvgIpc) is 1.60. The monoisotopic (exact) mass is 1270 g/mol. The molecule has 4 N–H and O–H groups in total. The molecule has 0 bridgehead atoms. The quantitative estimate of drug-likeness (QED) is 0.0453. The smallest absolute Gasteiger partial charge is 0.264 e. The van der Waals surface area contributed by atoms with Crippen LogP contribution in [0.4, 0.5) is 27.3 Å². The van der Waals surface area contributed by atoms with Crippen LogP contribution in [0.1, 0.15) is 166 Å². The zero-order valence-electron chi connectivity index (χ0n) is 54.2. The number of likely N-dealkylation sites (tertiary alicyclic amines) is 4. The molecule has 5 aromatic rings. The molecule has 8 heterocycles. The molecule has 1 aliphatic carbocycles. The number of carbonyl (C=O) groups excluding carboxylic acids is 9. The van der Waals surface area contributed by atoms with Crippen molar-refractivity contribution in [2.45, 2.75) is 160 Å². The van der Waals surface area contributed by atoms with Gasteiger partial charge in [-0.15, -0.1) is 0 Å². The molecule has 1 atom stereocenters. The van der Waals surface area contributed by atoms with Crippen molar-refractivity contribution in [1.82, 2.24) is 49.7 Å². The number of nitrogens with one attached hydrogen (secondary N) is 4. The Balaban J connectivity index is 0.673. The van der Waals surface area contributed by atoms with Crippen LogP contribution in [0, 0.1) is 24.6 Å². The molecule has 492 valence electrons. The Hall–Kier alpha value is -8.60. The molecular formula is C70H86FN13O9. The number of fused-ring (bicyclic) bond motifs is 4. The first-order chi connectivity index (χ1) is 44.7. The van der Waals surface area contributed by atoms with Crippen molar-refractivity contribution in [3.63, 3.8) is 0 Å². The molecule has 0 radical (unpaired) electrons. The van der Waals surface area contributed by atoms with E-state index in [4.69, 9.17) is 9.97 Å². The lowest BCUT2D eigenvalue weighted by Gasteiger charge is -2.48. The number of aldehydes is 1. The highest BCUT2D eigenvalue weighted by atomic mass is 19.1. The van der Waals surface area contributed by atoms with Crippen LogP contribution in [0.3, 0.4) is 0 Å². The van der Waals surface area contributed by atoms with Gasteiger partial charge >= 0.3 is 0 Å². The van der Waals surface area contributed by atoms with Gasteiger partial charge in [0.25, 0.3) is 17.7 Å². The topological polar surface area (TPSA) is 252 Å². The van der Waals surface area contributed by atoms with Crippen LogP contribution in [-0.4, -0.2) is 183 Å². The Morgan fingerprint density at radius 3 is 2.18 bits per heavy atom. The van der Waals surface area contributed by atoms with Crippen LogP contribution < -0.4 is 26.2 Å². The molecule has 22 nitrogen and oxygen atoms in total. The first-order valence-corrected chi connectivity index (χ1v) is 33.5. The summed E-state index contributed by atoms with van der Waals surface area (Å²) in [5.41, 5.74) is 5.14. The zero-order chi connectivity index (χ0) is 65.6. The molecule has 1 unspecified atom stereocenters. The molecular weight excluding hydrogens is 1190 g/mol. The van der Waals surface area contributed by atoms with Crippen molar-refractivity contribution in [3.8, 4) is 11.3 Å². The first-order valence-electron chi connectivity index (χ1n) is 33.5. The number of amides is 8. The summed E-state index contributed by atoms with van der Waals surface area (Å²) in [7, 11) is 1.46. The predicted molar refractivity (Wildman–Crippen MR) is 349 cm³/mol. The second kappa shape index (κ2) is 26.8. The lowest BCUT2D eigenvalue weighted by Crippen LogP contribution is -2.58. The molecule has 1 spiro atoms. The van der Waals surface area contributed by atoms with Crippen molar-refractivity contribution >= 4 is 87.5 Å². The lowest BCUT2D eigenvalue weighted by molar-refractivity contribution is -0.142. The van der Waals surface area contributed by atoms with Crippen LogP contribution in [0.25, 0.3) is 22.3 Å². The zero-order valence-corrected chi connectivity index (χ0v) is 54.2. The van der Waals surface area contributed by atoms with Gasteiger partial charge in [-0.25, -0.2) is 14.4 Å². The third kappa shape index (κ3) is 12.6. The maximum absolute atomic E-state index is 16.0. The minimum absolute atomic E-state index is 0.00205. The number of imide groups is 1. The van der Waals surface area contributed by atoms with Gasteiger partial charge in [-0.3, -0.25) is 43.3 Å². The van der Waals surface area contributed by atoms with E-state index in [1.807, 2.05) is 54.2 Å². The highest BCUT2D eigenvalue weighted by Crippen LogP contribution is 2.52. The number of nitrogens with zero attached hydrogens (tertiary/aromatic N) is 9. The fourth-order valence-corrected chi connectivity index (χ4v) is 15.3. The van der Waals surface area contributed by atoms with Gasteiger partial charge in [0, 0.05) is 112 Å². The maximum Gasteiger partial charge on any atom is 0.264 e. The lowest BCUT2D eigenvalue weighted by atomic mass is 9.73. The summed E-state index contributed by atoms with van der Waals surface area (Å²) in [6.07, 6.45) is 11.3. The van der Waals surface area contributed by atoms with Gasteiger partial charge in [-0.1, -0.05) is 24.6 Å². The highest BCUT2D eigenvalue weighted by Gasteiger charge is 2.56. The van der Waals surface area contributed by atoms with Crippen LogP contribution in [0.2, 0.25) is 0 Å². The maximum atomic E-state index is 16.0. The minimum Gasteiger partial charge on any atom is -0.375 e. The number of hydrogen-bond donors (Lipinski definition) is 4. The van der Waals surface area contributed by atoms with E-state index in [1.54, 1.807) is 30.3 Å². The van der Waals surface area contributed by atoms with E-state index in [1.165, 1.54) is 44.5 Å². The number of imidazole rings is 1. The number of hydrogen-bond acceptors (Lipinski definition) is 14. The molecule has 7 aliphatic rings. The van der Waals surface area contributed by atoms with Gasteiger partial charge in [0.05, 0.1) is 52.4 Å². The van der Waals surface area contributed by atoms with E-state index < -0.39 is 29.1 Å². The second-order valence-corrected chi connectivity index (χ2v) is 27.2. The summed E-state index contributed by atoms with van der Waals surface area (Å²) >= 11 is 0. The van der Waals surface area contributed by atoms with Crippen LogP contribution >= 0.6 is 0 Å². The largest absolute Gasteiger partial charge is 0.375 e. The van der Waals surface area contributed by atoms with Gasteiger partial charge in [0.2, 0.25) is 29.5 Å². The van der Waals surface area contributed by atoms with Crippen molar-refractivity contribution in [2.75, 3.05) is 81.5 Å². The number of anilines is 4.